The zero-order valence-electron chi connectivity index (χ0n) is 33.9. The van der Waals surface area contributed by atoms with Crippen molar-refractivity contribution >= 4 is 48.2 Å². The molecule has 0 saturated heterocycles. The number of allylic oxidation sites excluding steroid dienone is 2. The summed E-state index contributed by atoms with van der Waals surface area (Å²) in [5.74, 6) is 1.97. The summed E-state index contributed by atoms with van der Waals surface area (Å²) in [6.07, 6.45) is 4.17. The molecule has 0 saturated carbocycles. The van der Waals surface area contributed by atoms with Gasteiger partial charge in [-0.3, -0.25) is 9.78 Å². The van der Waals surface area contributed by atoms with Crippen LogP contribution in [0.2, 0.25) is 0 Å². The average Bonchev–Trinajstić information content (AvgIpc) is 3.40. The third-order valence-corrected chi connectivity index (χ3v) is 10.9. The summed E-state index contributed by atoms with van der Waals surface area (Å²) in [6, 6.07) is 20.6. The van der Waals surface area contributed by atoms with Gasteiger partial charge >= 0.3 is 0 Å². The van der Waals surface area contributed by atoms with E-state index in [1.165, 1.54) is 27.3 Å². The molecule has 5 nitrogen and oxygen atoms in total. The number of carbonyl (C=O) groups excluding carboxylic acids is 1. The van der Waals surface area contributed by atoms with E-state index in [4.69, 9.17) is 4.98 Å². The van der Waals surface area contributed by atoms with Gasteiger partial charge in [-0.15, -0.1) is 40.5 Å². The first-order chi connectivity index (χ1) is 24.3. The van der Waals surface area contributed by atoms with Crippen LogP contribution in [-0.2, 0) is 31.3 Å². The number of hydrogen-bond donors (Lipinski definition) is 1. The fourth-order valence-electron chi connectivity index (χ4n) is 7.74. The number of aliphatic hydroxyl groups is 1. The van der Waals surface area contributed by atoms with Crippen molar-refractivity contribution in [3.05, 3.63) is 83.4 Å². The molecule has 2 heterocycles. The molecule has 1 N–H and O–H groups in total. The summed E-state index contributed by atoms with van der Waals surface area (Å²) in [5.41, 5.74) is 6.33. The Morgan fingerprint density at radius 1 is 0.868 bits per heavy atom. The number of hydrogen-bond acceptors (Lipinski definition) is 6. The van der Waals surface area contributed by atoms with Gasteiger partial charge in [-0.2, -0.15) is 5.26 Å². The topological polar surface area (TPSA) is 86.9 Å². The summed E-state index contributed by atoms with van der Waals surface area (Å²) < 4.78 is 2.33. The molecule has 0 aliphatic heterocycles. The zero-order valence-corrected chi connectivity index (χ0v) is 37.1. The molecule has 0 atom stereocenters. The van der Waals surface area contributed by atoms with Gasteiger partial charge in [-0.05, 0) is 53.1 Å². The third-order valence-electron chi connectivity index (χ3n) is 9.79. The molecule has 7 heteroatoms. The fraction of sp³-hybridized carbons (Fsp3) is 0.478. The van der Waals surface area contributed by atoms with E-state index in [2.05, 4.69) is 131 Å². The normalized spacial score (nSPS) is 12.5. The number of aliphatic hydroxyl groups excluding tert-OH is 1. The summed E-state index contributed by atoms with van der Waals surface area (Å²) in [4.78, 5) is 21.7. The second kappa shape index (κ2) is 18.3. The van der Waals surface area contributed by atoms with Gasteiger partial charge in [0.05, 0.1) is 17.3 Å². The molecule has 1 radical (unpaired) electrons. The van der Waals surface area contributed by atoms with Gasteiger partial charge in [0.1, 0.15) is 6.33 Å². The number of fused-ring (bicyclic) bond motifs is 4. The van der Waals surface area contributed by atoms with Crippen LogP contribution >= 0.6 is 11.3 Å². The van der Waals surface area contributed by atoms with E-state index >= 15 is 0 Å². The molecule has 0 bridgehead atoms. The second-order valence-electron chi connectivity index (χ2n) is 17.2. The maximum Gasteiger partial charge on any atom is 0.162 e. The maximum atomic E-state index is 12.3. The van der Waals surface area contributed by atoms with Gasteiger partial charge in [-0.25, -0.2) is 4.98 Å². The van der Waals surface area contributed by atoms with Crippen LogP contribution in [0.3, 0.4) is 0 Å². The molecule has 5 rings (SSSR count). The number of carbonyl (C=O) groups is 1. The molecule has 2 aromatic heterocycles. The van der Waals surface area contributed by atoms with E-state index in [-0.39, 0.29) is 48.9 Å². The smallest absolute Gasteiger partial charge is 0.162 e. The van der Waals surface area contributed by atoms with E-state index in [9.17, 15) is 15.2 Å². The van der Waals surface area contributed by atoms with Crippen LogP contribution in [0.5, 0.6) is 0 Å². The number of ketones is 1. The van der Waals surface area contributed by atoms with Crippen LogP contribution in [0.15, 0.2) is 60.6 Å². The third kappa shape index (κ3) is 10.6. The summed E-state index contributed by atoms with van der Waals surface area (Å²) in [6.45, 7) is 27.8. The van der Waals surface area contributed by atoms with Crippen molar-refractivity contribution in [2.24, 2.45) is 40.9 Å². The molecule has 0 aliphatic carbocycles. The van der Waals surface area contributed by atoms with Crippen LogP contribution in [0.4, 0.5) is 0 Å². The number of nitrogens with zero attached hydrogens (tertiary/aromatic N) is 3. The van der Waals surface area contributed by atoms with Crippen molar-refractivity contribution in [2.45, 2.75) is 102 Å². The first kappa shape index (κ1) is 44.0. The molecule has 0 unspecified atom stereocenters. The maximum absolute atomic E-state index is 12.3. The van der Waals surface area contributed by atoms with Crippen molar-refractivity contribution < 1.29 is 30.0 Å². The Morgan fingerprint density at radius 3 is 2.02 bits per heavy atom. The Morgan fingerprint density at radius 2 is 1.47 bits per heavy atom. The molecule has 0 spiro atoms. The Kier molecular flexibility index (Phi) is 15.2. The molecule has 53 heavy (non-hydrogen) atoms. The van der Waals surface area contributed by atoms with Crippen LogP contribution in [-0.4, -0.2) is 20.9 Å². The Hall–Kier alpha value is -3.43. The fourth-order valence-corrected chi connectivity index (χ4v) is 8.96. The first-order valence-electron chi connectivity index (χ1n) is 18.8. The van der Waals surface area contributed by atoms with E-state index in [0.717, 1.165) is 38.7 Å². The van der Waals surface area contributed by atoms with Gasteiger partial charge in [0.2, 0.25) is 0 Å². The van der Waals surface area contributed by atoms with Crippen LogP contribution < -0.4 is 0 Å². The molecule has 5 aromatic rings. The SMILES string of the molecule is CC(C)C(C(=O)/C=C(\O)C(C(C)C)C(C)C)C(C)C.CC(C)c1cc(-c2ncnc3c2sc2cc(CC(C)(C)C)ccc23)[c-]c2cc(C#N)ccc12.[Ir]. The summed E-state index contributed by atoms with van der Waals surface area (Å²) in [7, 11) is 0. The molecule has 3 aromatic carbocycles. The number of rotatable bonds is 10. The average molecular weight is 909 g/mol. The second-order valence-corrected chi connectivity index (χ2v) is 18.3. The van der Waals surface area contributed by atoms with Crippen molar-refractivity contribution in [1.82, 2.24) is 9.97 Å². The van der Waals surface area contributed by atoms with Crippen LogP contribution in [0.1, 0.15) is 113 Å². The van der Waals surface area contributed by atoms with Crippen molar-refractivity contribution in [1.29, 1.82) is 5.26 Å². The molecule has 0 fully saturated rings. The van der Waals surface area contributed by atoms with Gasteiger partial charge in [-0.1, -0.05) is 125 Å². The predicted molar refractivity (Wildman–Crippen MR) is 221 cm³/mol. The van der Waals surface area contributed by atoms with Crippen molar-refractivity contribution in [3.8, 4) is 17.3 Å². The summed E-state index contributed by atoms with van der Waals surface area (Å²) in [5, 5.41) is 22.9. The number of nitriles is 1. The minimum absolute atomic E-state index is 0. The predicted octanol–water partition coefficient (Wildman–Crippen LogP) is 12.9. The monoisotopic (exact) mass is 909 g/mol. The summed E-state index contributed by atoms with van der Waals surface area (Å²) >= 11 is 1.75. The molecule has 285 valence electrons. The van der Waals surface area contributed by atoms with Gasteiger partial charge < -0.3 is 5.11 Å². The molecule has 0 amide bonds. The molecular weight excluding hydrogens is 851 g/mol. The molecular formula is C46H58IrN3O2S-. The van der Waals surface area contributed by atoms with Crippen LogP contribution in [0, 0.1) is 58.3 Å². The first-order valence-corrected chi connectivity index (χ1v) is 19.7. The van der Waals surface area contributed by atoms with Gasteiger partial charge in [0, 0.05) is 64.1 Å². The zero-order chi connectivity index (χ0) is 38.7. The number of thiophene rings is 1. The minimum atomic E-state index is -0.0119. The quantitative estimate of drug-likeness (QED) is 0.0857. The number of aromatic nitrogens is 2. The Balaban J connectivity index is 0.000000327. The van der Waals surface area contributed by atoms with E-state index in [1.54, 1.807) is 17.7 Å². The standard InChI is InChI=1S/C29H26N3S.C17H32O2.Ir/c1-17(2)24-13-21(12-20-10-19(15-30)7-8-22(20)24)26-28-27(32-16-31-26)23-9-6-18(11-25(23)33-28)14-29(3,4)5;1-10(2)16(11(3)4)14(18)9-15(19)17(12(5)6)13(7)8;/h6-11,13,16-17H,14H2,1-5H3;9-13,16-18H,1-8H3;/q-1;;/b;14-9-;. The Bertz CT molecular complexity index is 2100. The van der Waals surface area contributed by atoms with Gasteiger partial charge in [0.25, 0.3) is 0 Å². The van der Waals surface area contributed by atoms with E-state index in [1.807, 2.05) is 18.2 Å². The van der Waals surface area contributed by atoms with E-state index in [0.29, 0.717) is 35.2 Å². The minimum Gasteiger partial charge on any atom is -0.512 e. The largest absolute Gasteiger partial charge is 0.512 e. The van der Waals surface area contributed by atoms with Crippen LogP contribution in [0.25, 0.3) is 42.3 Å². The van der Waals surface area contributed by atoms with Gasteiger partial charge in [0.15, 0.2) is 5.78 Å². The van der Waals surface area contributed by atoms with Crippen molar-refractivity contribution in [3.63, 3.8) is 0 Å². The number of benzene rings is 3. The Labute approximate surface area is 335 Å². The van der Waals surface area contributed by atoms with Crippen molar-refractivity contribution in [2.75, 3.05) is 0 Å². The van der Waals surface area contributed by atoms with E-state index < -0.39 is 0 Å². The molecule has 0 aliphatic rings.